The van der Waals surface area contributed by atoms with E-state index in [1.807, 2.05) is 54.6 Å². The zero-order chi connectivity index (χ0) is 17.7. The van der Waals surface area contributed by atoms with Gasteiger partial charge in [0.2, 0.25) is 5.91 Å². The quantitative estimate of drug-likeness (QED) is 0.814. The third kappa shape index (κ3) is 4.16. The highest BCUT2D eigenvalue weighted by atomic mass is 16.5. The van der Waals surface area contributed by atoms with Gasteiger partial charge in [0.05, 0.1) is 19.5 Å². The van der Waals surface area contributed by atoms with Crippen molar-refractivity contribution < 1.29 is 14.3 Å². The summed E-state index contributed by atoms with van der Waals surface area (Å²) < 4.78 is 6.19. The molecule has 0 aromatic heterocycles. The maximum absolute atomic E-state index is 11.7. The predicted octanol–water partition coefficient (Wildman–Crippen LogP) is 1.79. The molecule has 0 saturated carbocycles. The summed E-state index contributed by atoms with van der Waals surface area (Å²) in [6.45, 7) is 1.88. The van der Waals surface area contributed by atoms with E-state index in [0.29, 0.717) is 30.5 Å². The standard InChI is InChI=1S/C19H21N3O3/c20-18(23)14-22(12-10-19(24)21-11-13-22)15-6-8-17(9-7-15)25-16-4-2-1-3-5-16/h1-9H,10-14H2,(H2-,20,21,23,24)/p+1. The molecule has 1 aliphatic heterocycles. The van der Waals surface area contributed by atoms with E-state index in [-0.39, 0.29) is 18.4 Å². The fourth-order valence-electron chi connectivity index (χ4n) is 3.19. The van der Waals surface area contributed by atoms with Crippen molar-refractivity contribution in [2.75, 3.05) is 26.2 Å². The van der Waals surface area contributed by atoms with Gasteiger partial charge in [-0.25, -0.2) is 0 Å². The number of quaternary nitrogens is 1. The summed E-state index contributed by atoms with van der Waals surface area (Å²) in [5.41, 5.74) is 6.43. The Hall–Kier alpha value is -2.86. The summed E-state index contributed by atoms with van der Waals surface area (Å²) in [4.78, 5) is 23.3. The van der Waals surface area contributed by atoms with Crippen molar-refractivity contribution >= 4 is 17.5 Å². The Labute approximate surface area is 146 Å². The lowest BCUT2D eigenvalue weighted by Gasteiger charge is -2.35. The van der Waals surface area contributed by atoms with Crippen LogP contribution in [0.2, 0.25) is 0 Å². The molecule has 1 saturated heterocycles. The van der Waals surface area contributed by atoms with Crippen LogP contribution in [0.3, 0.4) is 0 Å². The van der Waals surface area contributed by atoms with Gasteiger partial charge >= 0.3 is 0 Å². The molecule has 130 valence electrons. The molecule has 0 bridgehead atoms. The van der Waals surface area contributed by atoms with Crippen molar-refractivity contribution in [3.8, 4) is 11.5 Å². The van der Waals surface area contributed by atoms with Crippen LogP contribution < -0.4 is 20.3 Å². The minimum atomic E-state index is -0.376. The number of nitrogens with one attached hydrogen (secondary N) is 1. The van der Waals surface area contributed by atoms with Crippen molar-refractivity contribution in [3.63, 3.8) is 0 Å². The predicted molar refractivity (Wildman–Crippen MR) is 96.2 cm³/mol. The zero-order valence-corrected chi connectivity index (χ0v) is 14.0. The number of ether oxygens (including phenoxy) is 1. The number of carbonyl (C=O) groups is 2. The van der Waals surface area contributed by atoms with E-state index in [0.717, 1.165) is 17.2 Å². The monoisotopic (exact) mass is 340 g/mol. The van der Waals surface area contributed by atoms with Gasteiger partial charge in [0, 0.05) is 12.1 Å². The number of hydrogen-bond donors (Lipinski definition) is 2. The van der Waals surface area contributed by atoms with Gasteiger partial charge in [-0.1, -0.05) is 18.2 Å². The minimum Gasteiger partial charge on any atom is -0.457 e. The normalized spacial score (nSPS) is 20.4. The molecule has 1 heterocycles. The van der Waals surface area contributed by atoms with Crippen molar-refractivity contribution in [1.29, 1.82) is 0 Å². The van der Waals surface area contributed by atoms with Crippen LogP contribution >= 0.6 is 0 Å². The summed E-state index contributed by atoms with van der Waals surface area (Å²) in [7, 11) is 0. The summed E-state index contributed by atoms with van der Waals surface area (Å²) >= 11 is 0. The Morgan fingerprint density at radius 1 is 1.04 bits per heavy atom. The van der Waals surface area contributed by atoms with E-state index >= 15 is 0 Å². The summed E-state index contributed by atoms with van der Waals surface area (Å²) in [5.74, 6) is 1.12. The number of nitrogens with zero attached hydrogens (tertiary/aromatic N) is 1. The van der Waals surface area contributed by atoms with E-state index in [4.69, 9.17) is 10.5 Å². The van der Waals surface area contributed by atoms with Crippen LogP contribution in [0.4, 0.5) is 5.69 Å². The molecule has 1 fully saturated rings. The summed E-state index contributed by atoms with van der Waals surface area (Å²) in [5, 5.41) is 2.85. The van der Waals surface area contributed by atoms with Crippen LogP contribution in [-0.2, 0) is 9.59 Å². The fraction of sp³-hybridized carbons (Fsp3) is 0.263. The van der Waals surface area contributed by atoms with Crippen molar-refractivity contribution in [2.24, 2.45) is 5.73 Å². The van der Waals surface area contributed by atoms with Gasteiger partial charge in [-0.05, 0) is 24.3 Å². The van der Waals surface area contributed by atoms with Crippen molar-refractivity contribution in [1.82, 2.24) is 9.80 Å². The lowest BCUT2D eigenvalue weighted by molar-refractivity contribution is -0.121. The van der Waals surface area contributed by atoms with Crippen LogP contribution in [0.15, 0.2) is 54.6 Å². The second-order valence-corrected chi connectivity index (χ2v) is 6.23. The van der Waals surface area contributed by atoms with E-state index in [2.05, 4.69) is 5.32 Å². The Morgan fingerprint density at radius 3 is 2.40 bits per heavy atom. The van der Waals surface area contributed by atoms with E-state index in [9.17, 15) is 9.59 Å². The second kappa shape index (κ2) is 7.36. The van der Waals surface area contributed by atoms with Crippen LogP contribution in [0.25, 0.3) is 0 Å². The van der Waals surface area contributed by atoms with Crippen LogP contribution in [0.1, 0.15) is 6.42 Å². The molecular weight excluding hydrogens is 318 g/mol. The van der Waals surface area contributed by atoms with Gasteiger partial charge in [0.15, 0.2) is 6.54 Å². The van der Waals surface area contributed by atoms with Gasteiger partial charge in [-0.3, -0.25) is 14.1 Å². The molecule has 2 aromatic carbocycles. The number of para-hydroxylation sites is 1. The molecule has 0 aliphatic carbocycles. The molecule has 1 atom stereocenters. The molecule has 2 aromatic rings. The van der Waals surface area contributed by atoms with E-state index < -0.39 is 0 Å². The van der Waals surface area contributed by atoms with E-state index in [1.54, 1.807) is 0 Å². The first kappa shape index (κ1) is 17.0. The average molecular weight is 340 g/mol. The zero-order valence-electron chi connectivity index (χ0n) is 14.0. The molecule has 3 N–H and O–H groups in total. The van der Waals surface area contributed by atoms with Crippen LogP contribution in [0, 0.1) is 0 Å². The van der Waals surface area contributed by atoms with Gasteiger partial charge in [-0.15, -0.1) is 0 Å². The molecular formula is C19H22N3O3+. The Bertz CT molecular complexity index is 746. The smallest absolute Gasteiger partial charge is 0.273 e. The Morgan fingerprint density at radius 2 is 1.72 bits per heavy atom. The topological polar surface area (TPSA) is 81.4 Å². The number of nitrogens with two attached hydrogens (primary N) is 1. The molecule has 3 rings (SSSR count). The summed E-state index contributed by atoms with van der Waals surface area (Å²) in [6, 6.07) is 17.2. The van der Waals surface area contributed by atoms with Crippen molar-refractivity contribution in [3.05, 3.63) is 54.6 Å². The number of hydrogen-bond acceptors (Lipinski definition) is 3. The van der Waals surface area contributed by atoms with Crippen LogP contribution in [0.5, 0.6) is 11.5 Å². The Kier molecular flexibility index (Phi) is 5.00. The SMILES string of the molecule is NC(=O)C[N+]1(c2ccc(Oc3ccccc3)cc2)CCNC(=O)CC1. The second-order valence-electron chi connectivity index (χ2n) is 6.23. The maximum atomic E-state index is 11.7. The molecule has 1 aliphatic rings. The maximum Gasteiger partial charge on any atom is 0.273 e. The third-order valence-electron chi connectivity index (χ3n) is 4.45. The number of amides is 2. The fourth-order valence-corrected chi connectivity index (χ4v) is 3.19. The van der Waals surface area contributed by atoms with E-state index in [1.165, 1.54) is 0 Å². The average Bonchev–Trinajstić information content (AvgIpc) is 2.78. The minimum absolute atomic E-state index is 0.00787. The van der Waals surface area contributed by atoms with Gasteiger partial charge in [0.25, 0.3) is 5.91 Å². The van der Waals surface area contributed by atoms with Crippen LogP contribution in [-0.4, -0.2) is 38.0 Å². The largest absolute Gasteiger partial charge is 0.457 e. The molecule has 1 unspecified atom stereocenters. The highest BCUT2D eigenvalue weighted by Gasteiger charge is 2.35. The number of benzene rings is 2. The lowest BCUT2D eigenvalue weighted by Crippen LogP contribution is -2.55. The number of carbonyl (C=O) groups excluding carboxylic acids is 2. The first-order valence-electron chi connectivity index (χ1n) is 8.32. The van der Waals surface area contributed by atoms with Gasteiger partial charge in [-0.2, -0.15) is 0 Å². The first-order valence-corrected chi connectivity index (χ1v) is 8.32. The molecule has 25 heavy (non-hydrogen) atoms. The van der Waals surface area contributed by atoms with Gasteiger partial charge < -0.3 is 15.8 Å². The molecule has 0 spiro atoms. The van der Waals surface area contributed by atoms with Gasteiger partial charge in [0.1, 0.15) is 23.7 Å². The van der Waals surface area contributed by atoms with Crippen molar-refractivity contribution in [2.45, 2.75) is 6.42 Å². The number of primary amides is 1. The molecule has 6 heteroatoms. The molecule has 2 amide bonds. The highest BCUT2D eigenvalue weighted by molar-refractivity contribution is 5.80. The Balaban J connectivity index is 1.83. The number of rotatable bonds is 5. The lowest BCUT2D eigenvalue weighted by atomic mass is 10.2. The third-order valence-corrected chi connectivity index (χ3v) is 4.45. The molecule has 0 radical (unpaired) electrons. The highest BCUT2D eigenvalue weighted by Crippen LogP contribution is 2.29. The summed E-state index contributed by atoms with van der Waals surface area (Å²) in [6.07, 6.45) is 0.371. The molecule has 6 nitrogen and oxygen atoms in total. The first-order chi connectivity index (χ1) is 12.1.